The summed E-state index contributed by atoms with van der Waals surface area (Å²) in [6, 6.07) is 0. The lowest BCUT2D eigenvalue weighted by molar-refractivity contribution is -0.136. The summed E-state index contributed by atoms with van der Waals surface area (Å²) in [7, 11) is 0. The van der Waals surface area contributed by atoms with Crippen molar-refractivity contribution < 1.29 is 9.90 Å². The molecule has 1 aromatic heterocycles. The Bertz CT molecular complexity index is 370. The van der Waals surface area contributed by atoms with Crippen molar-refractivity contribution >= 4 is 11.8 Å². The van der Waals surface area contributed by atoms with Crippen LogP contribution in [-0.2, 0) is 24.2 Å². The Labute approximate surface area is 81.5 Å². The van der Waals surface area contributed by atoms with Crippen LogP contribution in [-0.4, -0.2) is 20.6 Å². The summed E-state index contributed by atoms with van der Waals surface area (Å²) in [5.41, 5.74) is 6.32. The first-order chi connectivity index (χ1) is 6.68. The van der Waals surface area contributed by atoms with Gasteiger partial charge in [0, 0.05) is 13.0 Å². The Morgan fingerprint density at radius 1 is 1.57 bits per heavy atom. The number of hydrogen-bond acceptors (Lipinski definition) is 3. The van der Waals surface area contributed by atoms with Gasteiger partial charge in [-0.1, -0.05) is 0 Å². The maximum atomic E-state index is 10.5. The summed E-state index contributed by atoms with van der Waals surface area (Å²) in [4.78, 5) is 14.8. The van der Waals surface area contributed by atoms with Crippen molar-refractivity contribution in [2.24, 2.45) is 0 Å². The highest BCUT2D eigenvalue weighted by Crippen LogP contribution is 2.21. The van der Waals surface area contributed by atoms with E-state index in [1.807, 2.05) is 4.57 Å². The number of hydrogen-bond donors (Lipinski definition) is 2. The number of carboxylic acids is 1. The van der Waals surface area contributed by atoms with Crippen molar-refractivity contribution in [3.05, 3.63) is 11.5 Å². The number of rotatable bonds is 2. The monoisotopic (exact) mass is 195 g/mol. The molecule has 5 heteroatoms. The van der Waals surface area contributed by atoms with E-state index < -0.39 is 5.97 Å². The number of carboxylic acid groups (broad SMARTS) is 1. The predicted molar refractivity (Wildman–Crippen MR) is 50.9 cm³/mol. The quantitative estimate of drug-likeness (QED) is 0.717. The summed E-state index contributed by atoms with van der Waals surface area (Å²) in [5, 5.41) is 8.65. The highest BCUT2D eigenvalue weighted by atomic mass is 16.4. The van der Waals surface area contributed by atoms with Crippen molar-refractivity contribution in [1.82, 2.24) is 9.55 Å². The Morgan fingerprint density at radius 2 is 2.36 bits per heavy atom. The van der Waals surface area contributed by atoms with Gasteiger partial charge in [-0.2, -0.15) is 0 Å². The molecule has 0 saturated heterocycles. The lowest BCUT2D eigenvalue weighted by Gasteiger charge is -2.14. The number of aryl methyl sites for hydroxylation is 1. The maximum absolute atomic E-state index is 10.5. The standard InChI is InChI=1S/C9H13N3O2/c10-9-6(5-8(13)14)11-7-3-1-2-4-12(7)9/h1-5,10H2,(H,13,14). The number of aromatic nitrogens is 2. The van der Waals surface area contributed by atoms with E-state index in [9.17, 15) is 4.79 Å². The molecule has 1 aromatic rings. The number of aliphatic carboxylic acids is 1. The molecule has 1 aliphatic rings. The molecular weight excluding hydrogens is 182 g/mol. The molecule has 0 unspecified atom stereocenters. The van der Waals surface area contributed by atoms with Gasteiger partial charge in [0.25, 0.3) is 0 Å². The van der Waals surface area contributed by atoms with Gasteiger partial charge in [-0.25, -0.2) is 4.98 Å². The van der Waals surface area contributed by atoms with Crippen LogP contribution < -0.4 is 5.73 Å². The SMILES string of the molecule is Nc1c(CC(=O)O)nc2n1CCCC2. The zero-order chi connectivity index (χ0) is 10.1. The number of nitrogens with two attached hydrogens (primary N) is 1. The topological polar surface area (TPSA) is 81.1 Å². The fourth-order valence-electron chi connectivity index (χ4n) is 1.83. The van der Waals surface area contributed by atoms with Crippen molar-refractivity contribution in [2.75, 3.05) is 5.73 Å². The average Bonchev–Trinajstić information content (AvgIpc) is 2.44. The Morgan fingerprint density at radius 3 is 3.00 bits per heavy atom. The second-order valence-corrected chi connectivity index (χ2v) is 3.54. The fraction of sp³-hybridized carbons (Fsp3) is 0.556. The highest BCUT2D eigenvalue weighted by molar-refractivity contribution is 5.71. The minimum Gasteiger partial charge on any atom is -0.481 e. The van der Waals surface area contributed by atoms with Crippen LogP contribution in [0.15, 0.2) is 0 Å². The van der Waals surface area contributed by atoms with Crippen LogP contribution in [0, 0.1) is 0 Å². The number of carbonyl (C=O) groups is 1. The third kappa shape index (κ3) is 1.45. The van der Waals surface area contributed by atoms with Crippen LogP contribution in [0.25, 0.3) is 0 Å². The number of fused-ring (bicyclic) bond motifs is 1. The summed E-state index contributed by atoms with van der Waals surface area (Å²) >= 11 is 0. The molecule has 0 atom stereocenters. The first-order valence-electron chi connectivity index (χ1n) is 4.74. The lowest BCUT2D eigenvalue weighted by atomic mass is 10.2. The summed E-state index contributed by atoms with van der Waals surface area (Å²) < 4.78 is 1.93. The normalized spacial score (nSPS) is 15.1. The van der Waals surface area contributed by atoms with E-state index in [1.54, 1.807) is 0 Å². The van der Waals surface area contributed by atoms with Gasteiger partial charge in [0.1, 0.15) is 11.6 Å². The van der Waals surface area contributed by atoms with Crippen molar-refractivity contribution in [2.45, 2.75) is 32.2 Å². The molecule has 0 spiro atoms. The van der Waals surface area contributed by atoms with E-state index >= 15 is 0 Å². The van der Waals surface area contributed by atoms with Crippen molar-refractivity contribution in [1.29, 1.82) is 0 Å². The fourth-order valence-corrected chi connectivity index (χ4v) is 1.83. The molecule has 0 aromatic carbocycles. The molecule has 1 aliphatic heterocycles. The van der Waals surface area contributed by atoms with Crippen LogP contribution in [0.5, 0.6) is 0 Å². The zero-order valence-electron chi connectivity index (χ0n) is 7.86. The Hall–Kier alpha value is -1.52. The molecule has 2 rings (SSSR count). The lowest BCUT2D eigenvalue weighted by Crippen LogP contribution is -2.12. The molecule has 0 radical (unpaired) electrons. The molecule has 0 fully saturated rings. The predicted octanol–water partition coefficient (Wildman–Crippen LogP) is 0.429. The van der Waals surface area contributed by atoms with Gasteiger partial charge in [-0.15, -0.1) is 0 Å². The van der Waals surface area contributed by atoms with Crippen LogP contribution >= 0.6 is 0 Å². The van der Waals surface area contributed by atoms with E-state index in [0.717, 1.165) is 31.6 Å². The molecule has 0 bridgehead atoms. The smallest absolute Gasteiger partial charge is 0.309 e. The molecule has 0 aliphatic carbocycles. The van der Waals surface area contributed by atoms with Gasteiger partial charge < -0.3 is 15.4 Å². The molecule has 14 heavy (non-hydrogen) atoms. The van der Waals surface area contributed by atoms with E-state index in [1.165, 1.54) is 0 Å². The van der Waals surface area contributed by atoms with E-state index in [0.29, 0.717) is 11.5 Å². The van der Waals surface area contributed by atoms with Gasteiger partial charge in [0.05, 0.1) is 12.1 Å². The molecule has 3 N–H and O–H groups in total. The summed E-state index contributed by atoms with van der Waals surface area (Å²) in [6.07, 6.45) is 3.04. The second kappa shape index (κ2) is 3.32. The van der Waals surface area contributed by atoms with E-state index in [2.05, 4.69) is 4.98 Å². The first kappa shape index (κ1) is 9.05. The number of nitrogen functional groups attached to an aromatic ring is 1. The van der Waals surface area contributed by atoms with Gasteiger partial charge in [0.2, 0.25) is 0 Å². The Balaban J connectivity index is 2.33. The van der Waals surface area contributed by atoms with Crippen LogP contribution in [0.3, 0.4) is 0 Å². The third-order valence-corrected chi connectivity index (χ3v) is 2.51. The highest BCUT2D eigenvalue weighted by Gasteiger charge is 2.18. The maximum Gasteiger partial charge on any atom is 0.309 e. The molecule has 0 saturated carbocycles. The molecular formula is C9H13N3O2. The van der Waals surface area contributed by atoms with E-state index in [4.69, 9.17) is 10.8 Å². The van der Waals surface area contributed by atoms with Gasteiger partial charge in [0.15, 0.2) is 0 Å². The van der Waals surface area contributed by atoms with Gasteiger partial charge in [-0.3, -0.25) is 4.79 Å². The minimum atomic E-state index is -0.882. The number of imidazole rings is 1. The summed E-state index contributed by atoms with van der Waals surface area (Å²) in [6.45, 7) is 0.869. The third-order valence-electron chi connectivity index (χ3n) is 2.51. The zero-order valence-corrected chi connectivity index (χ0v) is 7.86. The minimum absolute atomic E-state index is 0.0775. The Kier molecular flexibility index (Phi) is 2.15. The average molecular weight is 195 g/mol. The molecule has 0 amide bonds. The molecule has 2 heterocycles. The molecule has 76 valence electrons. The van der Waals surface area contributed by atoms with Crippen LogP contribution in [0.2, 0.25) is 0 Å². The van der Waals surface area contributed by atoms with Crippen molar-refractivity contribution in [3.8, 4) is 0 Å². The second-order valence-electron chi connectivity index (χ2n) is 3.54. The first-order valence-corrected chi connectivity index (χ1v) is 4.74. The van der Waals surface area contributed by atoms with Crippen molar-refractivity contribution in [3.63, 3.8) is 0 Å². The summed E-state index contributed by atoms with van der Waals surface area (Å²) in [5.74, 6) is 0.583. The largest absolute Gasteiger partial charge is 0.481 e. The van der Waals surface area contributed by atoms with E-state index in [-0.39, 0.29) is 6.42 Å². The molecule has 5 nitrogen and oxygen atoms in total. The number of nitrogens with zero attached hydrogens (tertiary/aromatic N) is 2. The number of anilines is 1. The van der Waals surface area contributed by atoms with Crippen LogP contribution in [0.4, 0.5) is 5.82 Å². The van der Waals surface area contributed by atoms with Gasteiger partial charge >= 0.3 is 5.97 Å². The van der Waals surface area contributed by atoms with Crippen LogP contribution in [0.1, 0.15) is 24.4 Å². The van der Waals surface area contributed by atoms with Gasteiger partial charge in [-0.05, 0) is 12.8 Å².